The summed E-state index contributed by atoms with van der Waals surface area (Å²) in [5, 5.41) is 11.0. The third-order valence-corrected chi connectivity index (χ3v) is 5.37. The fourth-order valence-electron chi connectivity index (χ4n) is 2.81. The molecule has 1 aliphatic heterocycles. The number of aromatic nitrogens is 1. The summed E-state index contributed by atoms with van der Waals surface area (Å²) in [6.45, 7) is 0.439. The van der Waals surface area contributed by atoms with Crippen LogP contribution in [-0.4, -0.2) is 22.5 Å². The molecule has 0 radical (unpaired) electrons. The summed E-state index contributed by atoms with van der Waals surface area (Å²) in [6, 6.07) is 14.9. The molecule has 0 saturated heterocycles. The van der Waals surface area contributed by atoms with Gasteiger partial charge in [-0.3, -0.25) is 14.4 Å². The van der Waals surface area contributed by atoms with E-state index in [1.807, 2.05) is 36.4 Å². The Bertz CT molecular complexity index is 1110. The van der Waals surface area contributed by atoms with Gasteiger partial charge in [0.15, 0.2) is 0 Å². The first-order chi connectivity index (χ1) is 13.1. The number of benzene rings is 2. The molecule has 3 aromatic rings. The first-order valence-electron chi connectivity index (χ1n) is 8.28. The van der Waals surface area contributed by atoms with Crippen LogP contribution in [0.3, 0.4) is 0 Å². The molecule has 1 aromatic heterocycles. The van der Waals surface area contributed by atoms with E-state index >= 15 is 0 Å². The van der Waals surface area contributed by atoms with E-state index < -0.39 is 0 Å². The summed E-state index contributed by atoms with van der Waals surface area (Å²) in [7, 11) is 0. The van der Waals surface area contributed by atoms with Crippen molar-refractivity contribution in [2.45, 2.75) is 6.54 Å². The van der Waals surface area contributed by atoms with E-state index in [4.69, 9.17) is 16.3 Å². The number of hydrogen-bond donors (Lipinski definition) is 1. The van der Waals surface area contributed by atoms with Crippen molar-refractivity contribution < 1.29 is 9.84 Å². The molecule has 1 N–H and O–H groups in total. The number of aromatic hydroxyl groups is 1. The van der Waals surface area contributed by atoms with Gasteiger partial charge in [0, 0.05) is 17.4 Å². The SMILES string of the molecule is O=c1sc(/C=C2/C=Nc3ccccc32)c(O)n1CCOc1ccccc1Cl. The lowest BCUT2D eigenvalue weighted by atomic mass is 10.1. The molecule has 2 aromatic carbocycles. The lowest BCUT2D eigenvalue weighted by Crippen LogP contribution is -2.17. The number of hydrogen-bond acceptors (Lipinski definition) is 5. The summed E-state index contributed by atoms with van der Waals surface area (Å²) in [5.41, 5.74) is 2.72. The van der Waals surface area contributed by atoms with Crippen LogP contribution in [0.25, 0.3) is 11.6 Å². The van der Waals surface area contributed by atoms with Crippen LogP contribution in [0.4, 0.5) is 5.69 Å². The predicted octanol–water partition coefficient (Wildman–Crippen LogP) is 4.60. The molecular weight excluding hydrogens is 384 g/mol. The van der Waals surface area contributed by atoms with Crippen molar-refractivity contribution in [3.63, 3.8) is 0 Å². The van der Waals surface area contributed by atoms with Crippen LogP contribution >= 0.6 is 22.9 Å². The summed E-state index contributed by atoms with van der Waals surface area (Å²) in [5.74, 6) is 0.473. The molecule has 0 bridgehead atoms. The summed E-state index contributed by atoms with van der Waals surface area (Å²) in [4.78, 5) is 16.9. The monoisotopic (exact) mass is 398 g/mol. The lowest BCUT2D eigenvalue weighted by molar-refractivity contribution is 0.286. The van der Waals surface area contributed by atoms with E-state index in [2.05, 4.69) is 4.99 Å². The molecule has 1 aliphatic rings. The Kier molecular flexibility index (Phi) is 4.83. The Balaban J connectivity index is 1.53. The Morgan fingerprint density at radius 3 is 2.81 bits per heavy atom. The second-order valence-electron chi connectivity index (χ2n) is 5.86. The molecule has 0 spiro atoms. The van der Waals surface area contributed by atoms with Crippen LogP contribution < -0.4 is 9.61 Å². The van der Waals surface area contributed by atoms with Crippen LogP contribution in [0.2, 0.25) is 5.02 Å². The molecular formula is C20H15ClN2O3S. The quantitative estimate of drug-likeness (QED) is 0.682. The van der Waals surface area contributed by atoms with Crippen molar-refractivity contribution in [1.82, 2.24) is 4.57 Å². The third kappa shape index (κ3) is 3.54. The van der Waals surface area contributed by atoms with Crippen molar-refractivity contribution in [2.75, 3.05) is 6.61 Å². The molecule has 0 unspecified atom stereocenters. The van der Waals surface area contributed by atoms with Crippen LogP contribution in [0.1, 0.15) is 10.4 Å². The molecule has 2 heterocycles. The first-order valence-corrected chi connectivity index (χ1v) is 9.48. The number of nitrogens with zero attached hydrogens (tertiary/aromatic N) is 2. The van der Waals surface area contributed by atoms with Gasteiger partial charge in [-0.25, -0.2) is 0 Å². The highest BCUT2D eigenvalue weighted by Gasteiger charge is 2.16. The van der Waals surface area contributed by atoms with Gasteiger partial charge < -0.3 is 9.84 Å². The van der Waals surface area contributed by atoms with Crippen molar-refractivity contribution in [3.8, 4) is 11.6 Å². The summed E-state index contributed by atoms with van der Waals surface area (Å²) < 4.78 is 6.90. The van der Waals surface area contributed by atoms with Crippen LogP contribution in [-0.2, 0) is 6.54 Å². The Morgan fingerprint density at radius 2 is 1.96 bits per heavy atom. The molecule has 0 fully saturated rings. The van der Waals surface area contributed by atoms with Crippen molar-refractivity contribution in [2.24, 2.45) is 4.99 Å². The molecule has 27 heavy (non-hydrogen) atoms. The fourth-order valence-corrected chi connectivity index (χ4v) is 3.86. The molecule has 0 aliphatic carbocycles. The number of halogens is 1. The summed E-state index contributed by atoms with van der Waals surface area (Å²) >= 11 is 7.04. The number of fused-ring (bicyclic) bond motifs is 1. The number of aliphatic imine (C=N–C) groups is 1. The van der Waals surface area contributed by atoms with Gasteiger partial charge in [0.05, 0.1) is 22.1 Å². The van der Waals surface area contributed by atoms with E-state index in [1.54, 1.807) is 24.4 Å². The maximum Gasteiger partial charge on any atom is 0.310 e. The van der Waals surface area contributed by atoms with Crippen LogP contribution in [0, 0.1) is 0 Å². The lowest BCUT2D eigenvalue weighted by Gasteiger charge is -2.08. The van der Waals surface area contributed by atoms with Crippen molar-refractivity contribution >= 4 is 46.5 Å². The van der Waals surface area contributed by atoms with Gasteiger partial charge in [0.2, 0.25) is 5.88 Å². The minimum absolute atomic E-state index is 0.0713. The van der Waals surface area contributed by atoms with E-state index in [1.165, 1.54) is 4.57 Å². The minimum atomic E-state index is -0.245. The summed E-state index contributed by atoms with van der Waals surface area (Å²) in [6.07, 6.45) is 3.52. The molecule has 0 atom stereocenters. The number of thiazole rings is 1. The molecule has 0 amide bonds. The van der Waals surface area contributed by atoms with Gasteiger partial charge in [-0.15, -0.1) is 0 Å². The zero-order chi connectivity index (χ0) is 18.8. The molecule has 5 nitrogen and oxygen atoms in total. The largest absolute Gasteiger partial charge is 0.493 e. The molecule has 7 heteroatoms. The van der Waals surface area contributed by atoms with Crippen molar-refractivity contribution in [1.29, 1.82) is 0 Å². The van der Waals surface area contributed by atoms with Gasteiger partial charge in [0.1, 0.15) is 12.4 Å². The third-order valence-electron chi connectivity index (χ3n) is 4.15. The first kappa shape index (κ1) is 17.6. The second kappa shape index (κ2) is 7.42. The average molecular weight is 399 g/mol. The molecule has 4 rings (SSSR count). The number of allylic oxidation sites excluding steroid dienone is 1. The van der Waals surface area contributed by atoms with E-state index in [-0.39, 0.29) is 23.9 Å². The maximum absolute atomic E-state index is 12.3. The van der Waals surface area contributed by atoms with Gasteiger partial charge >= 0.3 is 4.87 Å². The molecule has 0 saturated carbocycles. The Labute approximate surface area is 164 Å². The standard InChI is InChI=1S/C20H15ClN2O3S/c21-15-6-2-4-8-17(15)26-10-9-23-19(24)18(27-20(23)25)11-13-12-22-16-7-3-1-5-14(13)16/h1-8,11-12,24H,9-10H2/b13-11-. The number of rotatable bonds is 5. The Hall–Kier alpha value is -2.83. The van der Waals surface area contributed by atoms with E-state index in [0.29, 0.717) is 15.6 Å². The zero-order valence-electron chi connectivity index (χ0n) is 14.1. The maximum atomic E-state index is 12.3. The predicted molar refractivity (Wildman–Crippen MR) is 110 cm³/mol. The highest BCUT2D eigenvalue weighted by molar-refractivity contribution is 7.10. The highest BCUT2D eigenvalue weighted by atomic mass is 35.5. The number of para-hydroxylation sites is 2. The fraction of sp³-hybridized carbons (Fsp3) is 0.100. The Morgan fingerprint density at radius 1 is 1.19 bits per heavy atom. The van der Waals surface area contributed by atoms with E-state index in [9.17, 15) is 9.90 Å². The van der Waals surface area contributed by atoms with Crippen molar-refractivity contribution in [3.05, 3.63) is 73.7 Å². The molecule has 136 valence electrons. The average Bonchev–Trinajstić information content (AvgIpc) is 3.19. The van der Waals surface area contributed by atoms with Gasteiger partial charge in [0.25, 0.3) is 0 Å². The van der Waals surface area contributed by atoms with E-state index in [0.717, 1.165) is 28.2 Å². The minimum Gasteiger partial charge on any atom is -0.493 e. The van der Waals surface area contributed by atoms with Crippen LogP contribution in [0.5, 0.6) is 11.6 Å². The second-order valence-corrected chi connectivity index (χ2v) is 7.26. The van der Waals surface area contributed by atoms with Gasteiger partial charge in [-0.05, 0) is 24.3 Å². The van der Waals surface area contributed by atoms with Gasteiger partial charge in [-0.1, -0.05) is 53.3 Å². The smallest absolute Gasteiger partial charge is 0.310 e. The van der Waals surface area contributed by atoms with Crippen LogP contribution in [0.15, 0.2) is 58.3 Å². The normalized spacial score (nSPS) is 13.9. The highest BCUT2D eigenvalue weighted by Crippen LogP contribution is 2.34. The zero-order valence-corrected chi connectivity index (χ0v) is 15.7. The van der Waals surface area contributed by atoms with Gasteiger partial charge in [-0.2, -0.15) is 0 Å². The number of ether oxygens (including phenoxy) is 1. The topological polar surface area (TPSA) is 63.8 Å².